The van der Waals surface area contributed by atoms with Gasteiger partial charge >= 0.3 is 0 Å². The number of hydrogen-bond acceptors (Lipinski definition) is 2. The fourth-order valence-electron chi connectivity index (χ4n) is 2.91. The molecular formula is C22H21N3O. The molecule has 4 heteroatoms. The van der Waals surface area contributed by atoms with Crippen molar-refractivity contribution in [2.45, 2.75) is 19.8 Å². The number of rotatable bonds is 6. The number of aryl methyl sites for hydroxylation is 1. The van der Waals surface area contributed by atoms with E-state index < -0.39 is 0 Å². The number of fused-ring (bicyclic) bond motifs is 1. The van der Waals surface area contributed by atoms with Gasteiger partial charge in [-0.15, -0.1) is 0 Å². The summed E-state index contributed by atoms with van der Waals surface area (Å²) in [4.78, 5) is 15.5. The van der Waals surface area contributed by atoms with Crippen LogP contribution in [0.1, 0.15) is 23.6 Å². The first-order valence-corrected chi connectivity index (χ1v) is 8.75. The Labute approximate surface area is 153 Å². The molecule has 1 amide bonds. The van der Waals surface area contributed by atoms with Gasteiger partial charge in [0.2, 0.25) is 0 Å². The van der Waals surface area contributed by atoms with Crippen molar-refractivity contribution in [3.8, 4) is 6.07 Å². The van der Waals surface area contributed by atoms with Crippen molar-refractivity contribution < 1.29 is 4.79 Å². The van der Waals surface area contributed by atoms with Crippen LogP contribution in [0.2, 0.25) is 0 Å². The lowest BCUT2D eigenvalue weighted by Gasteiger charge is -2.04. The third kappa shape index (κ3) is 4.01. The van der Waals surface area contributed by atoms with E-state index in [0.29, 0.717) is 13.0 Å². The maximum Gasteiger partial charge on any atom is 0.261 e. The quantitative estimate of drug-likeness (QED) is 0.525. The number of aromatic nitrogens is 1. The van der Waals surface area contributed by atoms with Crippen LogP contribution in [0.4, 0.5) is 0 Å². The maximum absolute atomic E-state index is 12.3. The second-order valence-electron chi connectivity index (χ2n) is 6.13. The van der Waals surface area contributed by atoms with Gasteiger partial charge in [0.1, 0.15) is 11.6 Å². The van der Waals surface area contributed by atoms with Crippen LogP contribution in [0.15, 0.2) is 60.3 Å². The third-order valence-corrected chi connectivity index (χ3v) is 4.42. The van der Waals surface area contributed by atoms with Crippen molar-refractivity contribution in [1.29, 1.82) is 5.26 Å². The average Bonchev–Trinajstić information content (AvgIpc) is 3.09. The Morgan fingerprint density at radius 3 is 2.69 bits per heavy atom. The number of nitrogens with one attached hydrogen (secondary N) is 2. The molecule has 0 atom stereocenters. The third-order valence-electron chi connectivity index (χ3n) is 4.42. The highest BCUT2D eigenvalue weighted by Crippen LogP contribution is 2.17. The average molecular weight is 343 g/mol. The highest BCUT2D eigenvalue weighted by molar-refractivity contribution is 6.01. The van der Waals surface area contributed by atoms with Gasteiger partial charge in [-0.1, -0.05) is 49.4 Å². The van der Waals surface area contributed by atoms with Crippen LogP contribution in [-0.4, -0.2) is 17.4 Å². The number of carbonyl (C=O) groups is 1. The fourth-order valence-corrected chi connectivity index (χ4v) is 2.91. The molecule has 0 aliphatic heterocycles. The smallest absolute Gasteiger partial charge is 0.261 e. The lowest BCUT2D eigenvalue weighted by Crippen LogP contribution is -2.26. The number of nitrogens with zero attached hydrogens (tertiary/aromatic N) is 1. The number of para-hydroxylation sites is 1. The molecule has 1 aromatic heterocycles. The van der Waals surface area contributed by atoms with Crippen molar-refractivity contribution in [1.82, 2.24) is 10.3 Å². The summed E-state index contributed by atoms with van der Waals surface area (Å²) >= 11 is 0. The summed E-state index contributed by atoms with van der Waals surface area (Å²) in [7, 11) is 0. The SMILES string of the molecule is CCc1ccc(/C=C(/C#N)C(=O)NCCc2c[nH]c3ccccc23)cc1. The molecule has 0 aliphatic rings. The second-order valence-corrected chi connectivity index (χ2v) is 6.13. The first kappa shape index (κ1) is 17.5. The van der Waals surface area contributed by atoms with E-state index in [2.05, 4.69) is 23.3 Å². The van der Waals surface area contributed by atoms with Crippen molar-refractivity contribution >= 4 is 22.9 Å². The minimum Gasteiger partial charge on any atom is -0.361 e. The first-order chi connectivity index (χ1) is 12.7. The molecule has 2 aromatic carbocycles. The largest absolute Gasteiger partial charge is 0.361 e. The zero-order chi connectivity index (χ0) is 18.4. The molecule has 2 N–H and O–H groups in total. The molecule has 0 fully saturated rings. The summed E-state index contributed by atoms with van der Waals surface area (Å²) < 4.78 is 0. The molecule has 26 heavy (non-hydrogen) atoms. The number of hydrogen-bond donors (Lipinski definition) is 2. The second kappa shape index (κ2) is 8.17. The van der Waals surface area contributed by atoms with E-state index in [0.717, 1.165) is 28.5 Å². The van der Waals surface area contributed by atoms with E-state index in [1.807, 2.05) is 54.7 Å². The normalized spacial score (nSPS) is 11.3. The van der Waals surface area contributed by atoms with Gasteiger partial charge in [-0.2, -0.15) is 5.26 Å². The molecule has 0 unspecified atom stereocenters. The van der Waals surface area contributed by atoms with Crippen LogP contribution in [0.25, 0.3) is 17.0 Å². The van der Waals surface area contributed by atoms with Gasteiger partial charge in [0.15, 0.2) is 0 Å². The van der Waals surface area contributed by atoms with Crippen LogP contribution in [0.5, 0.6) is 0 Å². The van der Waals surface area contributed by atoms with Crippen molar-refractivity contribution in [2.75, 3.05) is 6.54 Å². The Bertz CT molecular complexity index is 975. The highest BCUT2D eigenvalue weighted by Gasteiger charge is 2.09. The Hall–Kier alpha value is -3.32. The Kier molecular flexibility index (Phi) is 5.50. The standard InChI is InChI=1S/C22H21N3O/c1-2-16-7-9-17(10-8-16)13-19(14-23)22(26)24-12-11-18-15-25-21-6-4-3-5-20(18)21/h3-10,13,15,25H,2,11-12H2,1H3,(H,24,26)/b19-13-. The van der Waals surface area contributed by atoms with Crippen LogP contribution in [0.3, 0.4) is 0 Å². The number of H-pyrrole nitrogens is 1. The van der Waals surface area contributed by atoms with Crippen molar-refractivity contribution in [3.05, 3.63) is 77.0 Å². The minimum atomic E-state index is -0.341. The first-order valence-electron chi connectivity index (χ1n) is 8.75. The molecule has 1 heterocycles. The molecule has 4 nitrogen and oxygen atoms in total. The summed E-state index contributed by atoms with van der Waals surface area (Å²) in [6.45, 7) is 2.57. The molecule has 3 aromatic rings. The van der Waals surface area contributed by atoms with Crippen LogP contribution in [-0.2, 0) is 17.6 Å². The Morgan fingerprint density at radius 1 is 1.19 bits per heavy atom. The lowest BCUT2D eigenvalue weighted by molar-refractivity contribution is -0.117. The Balaban J connectivity index is 1.62. The van der Waals surface area contributed by atoms with Gasteiger partial charge in [0.05, 0.1) is 0 Å². The van der Waals surface area contributed by atoms with E-state index in [-0.39, 0.29) is 11.5 Å². The summed E-state index contributed by atoms with van der Waals surface area (Å²) in [6, 6.07) is 17.9. The van der Waals surface area contributed by atoms with Gasteiger partial charge in [0.25, 0.3) is 5.91 Å². The number of amides is 1. The monoisotopic (exact) mass is 343 g/mol. The zero-order valence-corrected chi connectivity index (χ0v) is 14.8. The van der Waals surface area contributed by atoms with Crippen molar-refractivity contribution in [2.24, 2.45) is 0 Å². The number of aromatic amines is 1. The molecule has 0 spiro atoms. The summed E-state index contributed by atoms with van der Waals surface area (Å²) in [5, 5.41) is 13.3. The van der Waals surface area contributed by atoms with Gasteiger partial charge in [-0.05, 0) is 41.7 Å². The maximum atomic E-state index is 12.3. The summed E-state index contributed by atoms with van der Waals surface area (Å²) in [5.74, 6) is -0.341. The Morgan fingerprint density at radius 2 is 1.96 bits per heavy atom. The van der Waals surface area contributed by atoms with E-state index >= 15 is 0 Å². The van der Waals surface area contributed by atoms with E-state index in [1.165, 1.54) is 5.56 Å². The summed E-state index contributed by atoms with van der Waals surface area (Å²) in [6.07, 6.45) is 5.26. The van der Waals surface area contributed by atoms with Gasteiger partial charge in [-0.3, -0.25) is 4.79 Å². The predicted molar refractivity (Wildman–Crippen MR) is 104 cm³/mol. The molecule has 3 rings (SSSR count). The minimum absolute atomic E-state index is 0.119. The molecular weight excluding hydrogens is 322 g/mol. The number of carbonyl (C=O) groups excluding carboxylic acids is 1. The molecule has 0 bridgehead atoms. The van der Waals surface area contributed by atoms with Gasteiger partial charge in [0, 0.05) is 23.6 Å². The van der Waals surface area contributed by atoms with Crippen LogP contribution < -0.4 is 5.32 Å². The molecule has 0 saturated carbocycles. The molecule has 0 radical (unpaired) electrons. The molecule has 0 saturated heterocycles. The van der Waals surface area contributed by atoms with Gasteiger partial charge in [-0.25, -0.2) is 0 Å². The zero-order valence-electron chi connectivity index (χ0n) is 14.8. The van der Waals surface area contributed by atoms with E-state index in [1.54, 1.807) is 6.08 Å². The lowest BCUT2D eigenvalue weighted by atomic mass is 10.1. The fraction of sp³-hybridized carbons (Fsp3) is 0.182. The predicted octanol–water partition coefficient (Wildman–Crippen LogP) is 4.00. The van der Waals surface area contributed by atoms with E-state index in [9.17, 15) is 10.1 Å². The summed E-state index contributed by atoms with van der Waals surface area (Å²) in [5.41, 5.74) is 4.43. The molecule has 0 aliphatic carbocycles. The molecule has 130 valence electrons. The highest BCUT2D eigenvalue weighted by atomic mass is 16.1. The van der Waals surface area contributed by atoms with Crippen LogP contribution in [0, 0.1) is 11.3 Å². The van der Waals surface area contributed by atoms with Gasteiger partial charge < -0.3 is 10.3 Å². The van der Waals surface area contributed by atoms with Crippen LogP contribution >= 0.6 is 0 Å². The number of nitriles is 1. The topological polar surface area (TPSA) is 68.7 Å². The number of benzene rings is 2. The van der Waals surface area contributed by atoms with E-state index in [4.69, 9.17) is 0 Å². The van der Waals surface area contributed by atoms with Crippen molar-refractivity contribution in [3.63, 3.8) is 0 Å².